The second-order valence-electron chi connectivity index (χ2n) is 4.35. The molecule has 5 heteroatoms. The summed E-state index contributed by atoms with van der Waals surface area (Å²) in [6, 6.07) is 15.2. The molecule has 21 heavy (non-hydrogen) atoms. The van der Waals surface area contributed by atoms with E-state index in [0.29, 0.717) is 5.56 Å². The lowest BCUT2D eigenvalue weighted by Crippen LogP contribution is -2.07. The summed E-state index contributed by atoms with van der Waals surface area (Å²) in [6.07, 6.45) is -4.45. The van der Waals surface area contributed by atoms with Gasteiger partial charge in [0.15, 0.2) is 0 Å². The lowest BCUT2D eigenvalue weighted by atomic mass is 9.99. The third kappa shape index (κ3) is 3.23. The first-order chi connectivity index (χ1) is 9.93. The quantitative estimate of drug-likeness (QED) is 0.669. The molecular weight excluding hydrogens is 277 g/mol. The van der Waals surface area contributed by atoms with Crippen molar-refractivity contribution in [2.24, 2.45) is 5.73 Å². The van der Waals surface area contributed by atoms with Crippen molar-refractivity contribution in [1.29, 1.82) is 5.26 Å². The first-order valence-electron chi connectivity index (χ1n) is 6.06. The summed E-state index contributed by atoms with van der Waals surface area (Å²) in [5, 5.41) is 9.23. The summed E-state index contributed by atoms with van der Waals surface area (Å²) in [4.78, 5) is 0. The SMILES string of the molecule is N#C/C(=C(/N)c1cccc(C(F)(F)F)c1)c1ccccc1. The first-order valence-corrected chi connectivity index (χ1v) is 6.06. The Labute approximate surface area is 119 Å². The molecule has 0 saturated heterocycles. The molecule has 2 N–H and O–H groups in total. The zero-order valence-electron chi connectivity index (χ0n) is 10.9. The van der Waals surface area contributed by atoms with Crippen LogP contribution in [0.15, 0.2) is 54.6 Å². The first kappa shape index (κ1) is 14.7. The highest BCUT2D eigenvalue weighted by Gasteiger charge is 2.30. The Bertz CT molecular complexity index is 710. The molecule has 0 saturated carbocycles. The van der Waals surface area contributed by atoms with Crippen LogP contribution >= 0.6 is 0 Å². The van der Waals surface area contributed by atoms with Crippen molar-refractivity contribution in [3.8, 4) is 6.07 Å². The van der Waals surface area contributed by atoms with E-state index in [9.17, 15) is 18.4 Å². The van der Waals surface area contributed by atoms with Crippen LogP contribution < -0.4 is 5.73 Å². The number of rotatable bonds is 2. The lowest BCUT2D eigenvalue weighted by molar-refractivity contribution is -0.137. The van der Waals surface area contributed by atoms with Crippen molar-refractivity contribution in [3.05, 3.63) is 71.3 Å². The van der Waals surface area contributed by atoms with Gasteiger partial charge in [-0.2, -0.15) is 18.4 Å². The second-order valence-corrected chi connectivity index (χ2v) is 4.35. The molecule has 0 bridgehead atoms. The maximum Gasteiger partial charge on any atom is 0.416 e. The molecule has 0 aliphatic carbocycles. The Hall–Kier alpha value is -2.74. The summed E-state index contributed by atoms with van der Waals surface area (Å²) in [7, 11) is 0. The molecule has 0 heterocycles. The number of hydrogen-bond donors (Lipinski definition) is 1. The summed E-state index contributed by atoms with van der Waals surface area (Å²) in [5.74, 6) is 0. The summed E-state index contributed by atoms with van der Waals surface area (Å²) >= 11 is 0. The van der Waals surface area contributed by atoms with Crippen LogP contribution in [-0.4, -0.2) is 0 Å². The summed E-state index contributed by atoms with van der Waals surface area (Å²) < 4.78 is 38.1. The van der Waals surface area contributed by atoms with E-state index in [4.69, 9.17) is 5.73 Å². The lowest BCUT2D eigenvalue weighted by Gasteiger charge is -2.10. The van der Waals surface area contributed by atoms with Crippen molar-refractivity contribution >= 4 is 11.3 Å². The van der Waals surface area contributed by atoms with Gasteiger partial charge in [-0.05, 0) is 23.3 Å². The van der Waals surface area contributed by atoms with Crippen LogP contribution in [0.1, 0.15) is 16.7 Å². The summed E-state index contributed by atoms with van der Waals surface area (Å²) in [5.41, 5.74) is 5.99. The molecule has 0 amide bonds. The maximum absolute atomic E-state index is 12.7. The van der Waals surface area contributed by atoms with E-state index in [2.05, 4.69) is 0 Å². The van der Waals surface area contributed by atoms with Crippen LogP contribution in [0.2, 0.25) is 0 Å². The molecule has 2 rings (SSSR count). The predicted octanol–water partition coefficient (Wildman–Crippen LogP) is 4.06. The van der Waals surface area contributed by atoms with Crippen LogP contribution in [0.4, 0.5) is 13.2 Å². The van der Waals surface area contributed by atoms with Crippen molar-refractivity contribution < 1.29 is 13.2 Å². The van der Waals surface area contributed by atoms with Crippen LogP contribution in [0, 0.1) is 11.3 Å². The Kier molecular flexibility index (Phi) is 3.99. The van der Waals surface area contributed by atoms with Gasteiger partial charge in [0.25, 0.3) is 0 Å². The van der Waals surface area contributed by atoms with Gasteiger partial charge in [-0.3, -0.25) is 0 Å². The normalized spacial score (nSPS) is 12.5. The molecule has 0 spiro atoms. The monoisotopic (exact) mass is 288 g/mol. The average molecular weight is 288 g/mol. The highest BCUT2D eigenvalue weighted by Crippen LogP contribution is 2.31. The molecule has 0 atom stereocenters. The van der Waals surface area contributed by atoms with E-state index in [1.807, 2.05) is 6.07 Å². The van der Waals surface area contributed by atoms with Gasteiger partial charge < -0.3 is 5.73 Å². The van der Waals surface area contributed by atoms with E-state index in [0.717, 1.165) is 12.1 Å². The van der Waals surface area contributed by atoms with Crippen LogP contribution in [0.5, 0.6) is 0 Å². The molecule has 2 aromatic carbocycles. The third-order valence-corrected chi connectivity index (χ3v) is 2.94. The molecular formula is C16H11F3N2. The zero-order valence-corrected chi connectivity index (χ0v) is 10.9. The molecule has 0 aromatic heterocycles. The minimum Gasteiger partial charge on any atom is -0.397 e. The highest BCUT2D eigenvalue weighted by molar-refractivity contribution is 5.96. The van der Waals surface area contributed by atoms with Gasteiger partial charge in [0.2, 0.25) is 0 Å². The van der Waals surface area contributed by atoms with Crippen molar-refractivity contribution in [2.75, 3.05) is 0 Å². The van der Waals surface area contributed by atoms with E-state index >= 15 is 0 Å². The molecule has 0 radical (unpaired) electrons. The summed E-state index contributed by atoms with van der Waals surface area (Å²) in [6.45, 7) is 0. The molecule has 0 fully saturated rings. The van der Waals surface area contributed by atoms with Crippen molar-refractivity contribution in [1.82, 2.24) is 0 Å². The fraction of sp³-hybridized carbons (Fsp3) is 0.0625. The van der Waals surface area contributed by atoms with Gasteiger partial charge in [-0.1, -0.05) is 42.5 Å². The van der Waals surface area contributed by atoms with Crippen LogP contribution in [0.25, 0.3) is 11.3 Å². The molecule has 0 aliphatic heterocycles. The molecule has 0 aliphatic rings. The van der Waals surface area contributed by atoms with Gasteiger partial charge in [-0.15, -0.1) is 0 Å². The van der Waals surface area contributed by atoms with Crippen molar-refractivity contribution in [2.45, 2.75) is 6.18 Å². The fourth-order valence-electron chi connectivity index (χ4n) is 1.89. The molecule has 2 nitrogen and oxygen atoms in total. The topological polar surface area (TPSA) is 49.8 Å². The van der Waals surface area contributed by atoms with E-state index in [1.165, 1.54) is 12.1 Å². The highest BCUT2D eigenvalue weighted by atomic mass is 19.4. The van der Waals surface area contributed by atoms with Gasteiger partial charge >= 0.3 is 6.18 Å². The Morgan fingerprint density at radius 3 is 2.14 bits per heavy atom. The molecule has 0 unspecified atom stereocenters. The van der Waals surface area contributed by atoms with Gasteiger partial charge in [0, 0.05) is 0 Å². The Balaban J connectivity index is 2.55. The fourth-order valence-corrected chi connectivity index (χ4v) is 1.89. The van der Waals surface area contributed by atoms with Gasteiger partial charge in [-0.25, -0.2) is 0 Å². The molecule has 106 valence electrons. The number of nitriles is 1. The zero-order chi connectivity index (χ0) is 15.5. The number of alkyl halides is 3. The number of benzene rings is 2. The minimum absolute atomic E-state index is 0.0230. The predicted molar refractivity (Wildman–Crippen MR) is 74.5 cm³/mol. The largest absolute Gasteiger partial charge is 0.416 e. The van der Waals surface area contributed by atoms with E-state index < -0.39 is 11.7 Å². The smallest absolute Gasteiger partial charge is 0.397 e. The number of halogens is 3. The Morgan fingerprint density at radius 2 is 1.57 bits per heavy atom. The molecule has 2 aromatic rings. The van der Waals surface area contributed by atoms with Crippen LogP contribution in [-0.2, 0) is 6.18 Å². The number of nitrogens with zero attached hydrogens (tertiary/aromatic N) is 1. The average Bonchev–Trinajstić information content (AvgIpc) is 2.48. The van der Waals surface area contributed by atoms with E-state index in [1.54, 1.807) is 30.3 Å². The van der Waals surface area contributed by atoms with Gasteiger partial charge in [0.1, 0.15) is 6.07 Å². The third-order valence-electron chi connectivity index (χ3n) is 2.94. The second kappa shape index (κ2) is 5.71. The van der Waals surface area contributed by atoms with Crippen molar-refractivity contribution in [3.63, 3.8) is 0 Å². The number of allylic oxidation sites excluding steroid dienone is 1. The Morgan fingerprint density at radius 1 is 0.952 bits per heavy atom. The standard InChI is InChI=1S/C16H11F3N2/c17-16(18,19)13-8-4-7-12(9-13)15(21)14(10-20)11-5-2-1-3-6-11/h1-9H,21H2/b15-14-. The number of hydrogen-bond acceptors (Lipinski definition) is 2. The van der Waals surface area contributed by atoms with E-state index in [-0.39, 0.29) is 16.8 Å². The van der Waals surface area contributed by atoms with Crippen LogP contribution in [0.3, 0.4) is 0 Å². The minimum atomic E-state index is -4.45. The maximum atomic E-state index is 12.7. The van der Waals surface area contributed by atoms with Gasteiger partial charge in [0.05, 0.1) is 16.8 Å². The number of nitrogens with two attached hydrogens (primary N) is 1.